The summed E-state index contributed by atoms with van der Waals surface area (Å²) in [4.78, 5) is 2.55. The van der Waals surface area contributed by atoms with Crippen molar-refractivity contribution in [1.29, 1.82) is 0 Å². The summed E-state index contributed by atoms with van der Waals surface area (Å²) in [5, 5.41) is 4.71. The molecular weight excluding hydrogens is 1130 g/mol. The molecule has 0 fully saturated rings. The molecule has 0 saturated carbocycles. The standard InChI is InChI=1S/C90H63NO2/c1-86(2,3)50-36-38-51(39-37-50)91(52-41-43-60-71(46-52)88(6,7)84-82(60)85-81(62-28-14-21-35-76(62)93-85)80-59-26-12-15-29-65(59)87(4,5)83(80)84)53-40-42-58-63-48-74-64(49-73(63)90(72(58)47-53)68-32-18-10-24-56(68)57-25-11-19-33-69(57)90)78-70(44-45-77-79(78)61-27-13-20-34-75(61)92-77)89(74)66-30-16-8-22-54(66)55-23-9-17-31-67(55)89/h8-49H,1-7H3. The van der Waals surface area contributed by atoms with E-state index in [1.54, 1.807) is 0 Å². The first-order valence-corrected chi connectivity index (χ1v) is 33.1. The van der Waals surface area contributed by atoms with E-state index in [4.69, 9.17) is 8.83 Å². The number of para-hydroxylation sites is 2. The van der Waals surface area contributed by atoms with Gasteiger partial charge in [-0.15, -0.1) is 0 Å². The Balaban J connectivity index is 0.835. The van der Waals surface area contributed by atoms with Crippen molar-refractivity contribution in [3.63, 3.8) is 0 Å². The van der Waals surface area contributed by atoms with Crippen molar-refractivity contribution in [1.82, 2.24) is 0 Å². The molecule has 0 unspecified atom stereocenters. The molecule has 13 aromatic carbocycles. The van der Waals surface area contributed by atoms with Gasteiger partial charge in [-0.1, -0.05) is 237 Å². The number of anilines is 3. The first kappa shape index (κ1) is 51.9. The van der Waals surface area contributed by atoms with E-state index >= 15 is 0 Å². The molecule has 0 radical (unpaired) electrons. The molecule has 2 spiro atoms. The molecule has 6 aliphatic carbocycles. The Morgan fingerprint density at radius 2 is 0.720 bits per heavy atom. The van der Waals surface area contributed by atoms with E-state index in [2.05, 4.69) is 308 Å². The number of benzene rings is 13. The third kappa shape index (κ3) is 6.10. The molecule has 0 saturated heterocycles. The van der Waals surface area contributed by atoms with Gasteiger partial charge in [-0.3, -0.25) is 0 Å². The molecule has 0 aliphatic heterocycles. The summed E-state index contributed by atoms with van der Waals surface area (Å²) in [5.41, 5.74) is 37.7. The Labute approximate surface area is 540 Å². The summed E-state index contributed by atoms with van der Waals surface area (Å²) in [6, 6.07) is 97.5. The summed E-state index contributed by atoms with van der Waals surface area (Å²) in [7, 11) is 0. The van der Waals surface area contributed by atoms with Crippen LogP contribution in [0.4, 0.5) is 17.1 Å². The molecule has 0 atom stereocenters. The minimum atomic E-state index is -0.678. The van der Waals surface area contributed by atoms with Gasteiger partial charge in [0.15, 0.2) is 0 Å². The fraction of sp³-hybridized carbons (Fsp3) is 0.133. The van der Waals surface area contributed by atoms with Crippen LogP contribution in [-0.2, 0) is 27.1 Å². The van der Waals surface area contributed by atoms with Crippen molar-refractivity contribution >= 4 is 60.9 Å². The highest BCUT2D eigenvalue weighted by atomic mass is 16.3. The van der Waals surface area contributed by atoms with Crippen LogP contribution in [0.2, 0.25) is 0 Å². The van der Waals surface area contributed by atoms with Crippen molar-refractivity contribution < 1.29 is 8.83 Å². The second-order valence-corrected chi connectivity index (χ2v) is 29.3. The molecule has 21 rings (SSSR count). The maximum absolute atomic E-state index is 7.19. The summed E-state index contributed by atoms with van der Waals surface area (Å²) < 4.78 is 14.0. The molecular formula is C90H63NO2. The lowest BCUT2D eigenvalue weighted by Gasteiger charge is -2.33. The second kappa shape index (κ2) is 17.2. The van der Waals surface area contributed by atoms with Gasteiger partial charge in [-0.05, 0) is 206 Å². The zero-order valence-corrected chi connectivity index (χ0v) is 53.0. The highest BCUT2D eigenvalue weighted by molar-refractivity contribution is 6.21. The van der Waals surface area contributed by atoms with Gasteiger partial charge in [0.1, 0.15) is 22.3 Å². The molecule has 0 amide bonds. The van der Waals surface area contributed by atoms with E-state index in [1.807, 2.05) is 0 Å². The first-order chi connectivity index (χ1) is 45.3. The van der Waals surface area contributed by atoms with Crippen LogP contribution >= 0.6 is 0 Å². The lowest BCUT2D eigenvalue weighted by Crippen LogP contribution is -2.27. The second-order valence-electron chi connectivity index (χ2n) is 29.3. The molecule has 6 aliphatic rings. The Morgan fingerprint density at radius 3 is 1.33 bits per heavy atom. The van der Waals surface area contributed by atoms with E-state index in [9.17, 15) is 0 Å². The average molecular weight is 1190 g/mol. The largest absolute Gasteiger partial charge is 0.456 e. The smallest absolute Gasteiger partial charge is 0.144 e. The van der Waals surface area contributed by atoms with E-state index in [-0.39, 0.29) is 10.8 Å². The summed E-state index contributed by atoms with van der Waals surface area (Å²) in [6.45, 7) is 16.7. The van der Waals surface area contributed by atoms with E-state index in [0.29, 0.717) is 0 Å². The van der Waals surface area contributed by atoms with Crippen molar-refractivity contribution in [3.8, 4) is 66.8 Å². The Hall–Kier alpha value is -10.7. The number of fused-ring (bicyclic) bond motifs is 36. The predicted molar refractivity (Wildman–Crippen MR) is 382 cm³/mol. The molecule has 3 nitrogen and oxygen atoms in total. The van der Waals surface area contributed by atoms with Crippen LogP contribution in [0, 0.1) is 0 Å². The van der Waals surface area contributed by atoms with E-state index in [0.717, 1.165) is 44.8 Å². The summed E-state index contributed by atoms with van der Waals surface area (Å²) >= 11 is 0. The molecule has 0 N–H and O–H groups in total. The number of rotatable bonds is 3. The van der Waals surface area contributed by atoms with Gasteiger partial charge < -0.3 is 13.7 Å². The molecule has 2 heterocycles. The van der Waals surface area contributed by atoms with Gasteiger partial charge in [-0.2, -0.15) is 0 Å². The molecule has 3 heteroatoms. The zero-order chi connectivity index (χ0) is 62.0. The van der Waals surface area contributed by atoms with E-state index < -0.39 is 16.2 Å². The van der Waals surface area contributed by atoms with Crippen LogP contribution in [0.3, 0.4) is 0 Å². The van der Waals surface area contributed by atoms with Gasteiger partial charge in [-0.25, -0.2) is 0 Å². The monoisotopic (exact) mass is 1190 g/mol. The first-order valence-electron chi connectivity index (χ1n) is 33.1. The van der Waals surface area contributed by atoms with Gasteiger partial charge in [0.05, 0.1) is 10.8 Å². The molecule has 93 heavy (non-hydrogen) atoms. The van der Waals surface area contributed by atoms with Crippen LogP contribution in [0.5, 0.6) is 0 Å². The number of hydrogen-bond acceptors (Lipinski definition) is 3. The quantitative estimate of drug-likeness (QED) is 0.177. The van der Waals surface area contributed by atoms with Crippen LogP contribution in [-0.4, -0.2) is 0 Å². The SMILES string of the molecule is CC(C)(C)c1ccc(N(c2ccc3c(c2)C(C)(C)c2c4c(c5c(oc6ccccc65)c2-3)-c2ccccc2C4(C)C)c2ccc3c(c2)C2(c4ccccc4-c4ccccc42)c2cc4c(cc2-3)C2(c3ccccc3-c3ccccc32)c2ccc3oc5ccccc5c3c2-4)cc1. The Bertz CT molecular complexity index is 5840. The van der Waals surface area contributed by atoms with Crippen molar-refractivity contribution in [2.75, 3.05) is 4.90 Å². The highest BCUT2D eigenvalue weighted by Crippen LogP contribution is 2.70. The fourth-order valence-electron chi connectivity index (χ4n) is 19.4. The van der Waals surface area contributed by atoms with Crippen LogP contribution in [0.1, 0.15) is 121 Å². The van der Waals surface area contributed by atoms with Crippen molar-refractivity contribution in [2.45, 2.75) is 75.5 Å². The fourth-order valence-corrected chi connectivity index (χ4v) is 19.4. The lowest BCUT2D eigenvalue weighted by atomic mass is 9.68. The maximum atomic E-state index is 7.19. The lowest BCUT2D eigenvalue weighted by molar-refractivity contribution is 0.590. The van der Waals surface area contributed by atoms with Crippen LogP contribution in [0.15, 0.2) is 264 Å². The van der Waals surface area contributed by atoms with Crippen molar-refractivity contribution in [3.05, 3.63) is 327 Å². The van der Waals surface area contributed by atoms with Crippen LogP contribution in [0.25, 0.3) is 111 Å². The number of hydrogen-bond donors (Lipinski definition) is 0. The normalized spacial score (nSPS) is 15.8. The Kier molecular flexibility index (Phi) is 9.63. The predicted octanol–water partition coefficient (Wildman–Crippen LogP) is 23.6. The minimum absolute atomic E-state index is 0.0318. The third-order valence-corrected chi connectivity index (χ3v) is 23.2. The number of nitrogens with zero attached hydrogens (tertiary/aromatic N) is 1. The van der Waals surface area contributed by atoms with E-state index in [1.165, 1.54) is 155 Å². The topological polar surface area (TPSA) is 29.5 Å². The Morgan fingerprint density at radius 1 is 0.290 bits per heavy atom. The highest BCUT2D eigenvalue weighted by Gasteiger charge is 2.57. The van der Waals surface area contributed by atoms with Crippen LogP contribution < -0.4 is 4.90 Å². The average Bonchev–Trinajstić information content (AvgIpc) is 1.50. The van der Waals surface area contributed by atoms with Gasteiger partial charge >= 0.3 is 0 Å². The molecule has 0 bridgehead atoms. The minimum Gasteiger partial charge on any atom is -0.456 e. The van der Waals surface area contributed by atoms with Gasteiger partial charge in [0.2, 0.25) is 0 Å². The molecule has 440 valence electrons. The summed E-state index contributed by atoms with van der Waals surface area (Å²) in [6.07, 6.45) is 0. The molecule has 2 aromatic heterocycles. The zero-order valence-electron chi connectivity index (χ0n) is 53.0. The number of furan rings is 2. The third-order valence-electron chi connectivity index (χ3n) is 23.2. The van der Waals surface area contributed by atoms with Crippen molar-refractivity contribution in [2.24, 2.45) is 0 Å². The van der Waals surface area contributed by atoms with Gasteiger partial charge in [0, 0.05) is 55.0 Å². The summed E-state index contributed by atoms with van der Waals surface area (Å²) in [5.74, 6) is 0. The van der Waals surface area contributed by atoms with Gasteiger partial charge in [0.25, 0.3) is 0 Å². The molecule has 15 aromatic rings. The maximum Gasteiger partial charge on any atom is 0.144 e.